The Morgan fingerprint density at radius 3 is 2.71 bits per heavy atom. The van der Waals surface area contributed by atoms with Crippen LogP contribution in [0.4, 0.5) is 8.78 Å². The first-order valence-electron chi connectivity index (χ1n) is 6.71. The van der Waals surface area contributed by atoms with E-state index in [1.54, 1.807) is 0 Å². The van der Waals surface area contributed by atoms with Crippen LogP contribution in [0.15, 0.2) is 42.2 Å². The summed E-state index contributed by atoms with van der Waals surface area (Å²) in [5.41, 5.74) is 12.5. The third kappa shape index (κ3) is 3.04. The Morgan fingerprint density at radius 2 is 2.10 bits per heavy atom. The van der Waals surface area contributed by atoms with E-state index in [1.165, 1.54) is 12.3 Å². The Bertz CT molecular complexity index is 686. The summed E-state index contributed by atoms with van der Waals surface area (Å²) >= 11 is 0. The van der Waals surface area contributed by atoms with Gasteiger partial charge in [0.15, 0.2) is 0 Å². The highest BCUT2D eigenvalue weighted by molar-refractivity contribution is 5.82. The van der Waals surface area contributed by atoms with Crippen molar-refractivity contribution in [1.29, 1.82) is 0 Å². The van der Waals surface area contributed by atoms with E-state index in [-0.39, 0.29) is 0 Å². The topological polar surface area (TPSA) is 69.9 Å². The highest BCUT2D eigenvalue weighted by atomic mass is 19.3. The summed E-state index contributed by atoms with van der Waals surface area (Å²) in [6.07, 6.45) is 0.601. The number of benzene rings is 1. The van der Waals surface area contributed by atoms with Crippen molar-refractivity contribution in [2.45, 2.75) is 26.3 Å². The molecular weight excluding hydrogens is 274 g/mol. The lowest BCUT2D eigenvalue weighted by Crippen LogP contribution is -2.09. The predicted octanol–water partition coefficient (Wildman–Crippen LogP) is 2.85. The molecule has 4 nitrogen and oxygen atoms in total. The molecule has 2 rings (SSSR count). The number of allylic oxidation sites excluding steroid dienone is 3. The first kappa shape index (κ1) is 15.0. The number of hydrogen-bond acceptors (Lipinski definition) is 3. The second kappa shape index (κ2) is 6.39. The Hall–Kier alpha value is -2.37. The normalized spacial score (nSPS) is 13.3. The van der Waals surface area contributed by atoms with Crippen LogP contribution >= 0.6 is 0 Å². The molecule has 21 heavy (non-hydrogen) atoms. The molecule has 0 radical (unpaired) electrons. The molecule has 0 atom stereocenters. The molecule has 0 spiro atoms. The molecule has 0 aliphatic carbocycles. The summed E-state index contributed by atoms with van der Waals surface area (Å²) in [6, 6.07) is 7.61. The molecule has 2 aromatic rings. The first-order chi connectivity index (χ1) is 10.1. The van der Waals surface area contributed by atoms with E-state index in [4.69, 9.17) is 11.5 Å². The maximum Gasteiger partial charge on any atom is 0.277 e. The minimum absolute atomic E-state index is 0.387. The van der Waals surface area contributed by atoms with Gasteiger partial charge in [-0.2, -0.15) is 0 Å². The Morgan fingerprint density at radius 1 is 1.38 bits per heavy atom. The fraction of sp³-hybridized carbons (Fsp3) is 0.267. The van der Waals surface area contributed by atoms with Crippen LogP contribution in [0.2, 0.25) is 0 Å². The molecule has 1 heterocycles. The first-order valence-corrected chi connectivity index (χ1v) is 6.71. The van der Waals surface area contributed by atoms with Crippen molar-refractivity contribution < 1.29 is 8.78 Å². The van der Waals surface area contributed by atoms with Gasteiger partial charge in [-0.15, -0.1) is 0 Å². The number of alkyl halides is 2. The van der Waals surface area contributed by atoms with E-state index < -0.39 is 12.1 Å². The molecule has 0 amide bonds. The van der Waals surface area contributed by atoms with Crippen molar-refractivity contribution in [3.05, 3.63) is 48.1 Å². The van der Waals surface area contributed by atoms with Crippen molar-refractivity contribution in [3.8, 4) is 0 Å². The fourth-order valence-corrected chi connectivity index (χ4v) is 2.18. The van der Waals surface area contributed by atoms with Gasteiger partial charge >= 0.3 is 0 Å². The van der Waals surface area contributed by atoms with Gasteiger partial charge in [-0.05, 0) is 24.6 Å². The maximum atomic E-state index is 12.6. The van der Waals surface area contributed by atoms with Gasteiger partial charge in [0.2, 0.25) is 0 Å². The number of aryl methyl sites for hydroxylation is 1. The molecule has 0 fully saturated rings. The monoisotopic (exact) mass is 292 g/mol. The summed E-state index contributed by atoms with van der Waals surface area (Å²) in [4.78, 5) is 4.48. The van der Waals surface area contributed by atoms with Gasteiger partial charge in [-0.1, -0.05) is 19.1 Å². The number of hydrogen-bond donors (Lipinski definition) is 2. The molecule has 6 heteroatoms. The Balaban J connectivity index is 2.58. The number of rotatable bonds is 5. The van der Waals surface area contributed by atoms with Gasteiger partial charge in [-0.25, -0.2) is 13.8 Å². The number of para-hydroxylation sites is 2. The number of fused-ring (bicyclic) bond motifs is 1. The van der Waals surface area contributed by atoms with Gasteiger partial charge in [-0.3, -0.25) is 0 Å². The van der Waals surface area contributed by atoms with Crippen molar-refractivity contribution in [2.75, 3.05) is 0 Å². The van der Waals surface area contributed by atoms with Crippen LogP contribution in [0, 0.1) is 0 Å². The molecule has 0 saturated heterocycles. The smallest absolute Gasteiger partial charge is 0.277 e. The second-order valence-corrected chi connectivity index (χ2v) is 4.64. The van der Waals surface area contributed by atoms with Crippen LogP contribution in [-0.2, 0) is 6.54 Å². The summed E-state index contributed by atoms with van der Waals surface area (Å²) in [6.45, 7) is 2.75. The molecular formula is C15H18F2N4. The molecule has 0 aliphatic rings. The van der Waals surface area contributed by atoms with E-state index in [1.807, 2.05) is 35.8 Å². The van der Waals surface area contributed by atoms with E-state index in [2.05, 4.69) is 4.98 Å². The molecule has 4 N–H and O–H groups in total. The van der Waals surface area contributed by atoms with Crippen LogP contribution in [0.1, 0.15) is 19.2 Å². The summed E-state index contributed by atoms with van der Waals surface area (Å²) in [5.74, 6) is 0.546. The van der Waals surface area contributed by atoms with Gasteiger partial charge < -0.3 is 16.0 Å². The van der Waals surface area contributed by atoms with Crippen LogP contribution in [0.3, 0.4) is 0 Å². The summed E-state index contributed by atoms with van der Waals surface area (Å²) in [5, 5.41) is 0. The minimum atomic E-state index is -2.72. The molecule has 1 aromatic heterocycles. The largest absolute Gasteiger partial charge is 0.404 e. The van der Waals surface area contributed by atoms with Gasteiger partial charge in [0.1, 0.15) is 5.82 Å². The quantitative estimate of drug-likeness (QED) is 0.832. The third-order valence-electron chi connectivity index (χ3n) is 3.11. The van der Waals surface area contributed by atoms with E-state index in [9.17, 15) is 8.78 Å². The molecule has 112 valence electrons. The van der Waals surface area contributed by atoms with Crippen LogP contribution < -0.4 is 11.5 Å². The standard InChI is InChI=1S/C15H18F2N4/c1-2-7-21-13-6-4-3-5-12(13)20-15(21)10(9-18)8-11(19)14(16)17/h3-6,8-9,14H,2,7,18-19H2,1H3/b10-9+,11-8-. The fourth-order valence-electron chi connectivity index (χ4n) is 2.18. The Kier molecular flexibility index (Phi) is 4.57. The van der Waals surface area contributed by atoms with Gasteiger partial charge in [0, 0.05) is 18.3 Å². The lowest BCUT2D eigenvalue weighted by Gasteiger charge is -2.09. The van der Waals surface area contributed by atoms with E-state index in [0.29, 0.717) is 11.4 Å². The molecule has 1 aromatic carbocycles. The average molecular weight is 292 g/mol. The number of nitrogens with zero attached hydrogens (tertiary/aromatic N) is 2. The zero-order valence-electron chi connectivity index (χ0n) is 11.8. The van der Waals surface area contributed by atoms with Crippen molar-refractivity contribution in [1.82, 2.24) is 9.55 Å². The summed E-state index contributed by atoms with van der Waals surface area (Å²) < 4.78 is 27.2. The lowest BCUT2D eigenvalue weighted by molar-refractivity contribution is 0.188. The maximum absolute atomic E-state index is 12.6. The molecule has 0 aliphatic heterocycles. The van der Waals surface area contributed by atoms with Crippen LogP contribution in [-0.4, -0.2) is 16.0 Å². The minimum Gasteiger partial charge on any atom is -0.404 e. The van der Waals surface area contributed by atoms with Crippen molar-refractivity contribution >= 4 is 16.6 Å². The van der Waals surface area contributed by atoms with Crippen molar-refractivity contribution in [3.63, 3.8) is 0 Å². The highest BCUT2D eigenvalue weighted by Crippen LogP contribution is 2.23. The zero-order valence-corrected chi connectivity index (χ0v) is 11.8. The number of halogens is 2. The zero-order chi connectivity index (χ0) is 15.4. The second-order valence-electron chi connectivity index (χ2n) is 4.64. The van der Waals surface area contributed by atoms with Gasteiger partial charge in [0.25, 0.3) is 6.43 Å². The van der Waals surface area contributed by atoms with Gasteiger partial charge in [0.05, 0.1) is 16.7 Å². The van der Waals surface area contributed by atoms with Crippen LogP contribution in [0.25, 0.3) is 16.6 Å². The highest BCUT2D eigenvalue weighted by Gasteiger charge is 2.14. The molecule has 0 unspecified atom stereocenters. The number of nitrogens with two attached hydrogens (primary N) is 2. The number of imidazole rings is 1. The SMILES string of the molecule is CCCn1c(C(/C=C(\N)C(F)F)=C/N)nc2ccccc21. The van der Waals surface area contributed by atoms with Crippen molar-refractivity contribution in [2.24, 2.45) is 11.5 Å². The molecule has 0 saturated carbocycles. The molecule has 0 bridgehead atoms. The summed E-state index contributed by atoms with van der Waals surface area (Å²) in [7, 11) is 0. The van der Waals surface area contributed by atoms with E-state index in [0.717, 1.165) is 24.0 Å². The predicted molar refractivity (Wildman–Crippen MR) is 80.5 cm³/mol. The van der Waals surface area contributed by atoms with E-state index >= 15 is 0 Å². The number of aromatic nitrogens is 2. The average Bonchev–Trinajstić information content (AvgIpc) is 2.83. The Labute approximate surface area is 121 Å². The van der Waals surface area contributed by atoms with Crippen LogP contribution in [0.5, 0.6) is 0 Å². The lowest BCUT2D eigenvalue weighted by atomic mass is 10.2. The third-order valence-corrected chi connectivity index (χ3v) is 3.11.